The first-order valence-electron chi connectivity index (χ1n) is 9.02. The number of aryl methyl sites for hydroxylation is 3. The summed E-state index contributed by atoms with van der Waals surface area (Å²) >= 11 is 1.29. The molecule has 0 unspecified atom stereocenters. The van der Waals surface area contributed by atoms with Crippen molar-refractivity contribution < 1.29 is 18.7 Å². The summed E-state index contributed by atoms with van der Waals surface area (Å²) in [5, 5.41) is 2.23. The minimum atomic E-state index is -0.629. The molecule has 2 aromatic carbocycles. The first-order chi connectivity index (χ1) is 13.8. The van der Waals surface area contributed by atoms with Crippen molar-refractivity contribution in [3.05, 3.63) is 75.5 Å². The molecular weight excluding hydrogens is 391 g/mol. The number of halogens is 1. The van der Waals surface area contributed by atoms with Gasteiger partial charge in [0.1, 0.15) is 12.4 Å². The van der Waals surface area contributed by atoms with Crippen LogP contribution in [-0.4, -0.2) is 16.9 Å². The lowest BCUT2D eigenvalue weighted by molar-refractivity contribution is -0.115. The van der Waals surface area contributed by atoms with Gasteiger partial charge in [-0.3, -0.25) is 9.69 Å². The van der Waals surface area contributed by atoms with E-state index >= 15 is 0 Å². The molecule has 7 heteroatoms. The van der Waals surface area contributed by atoms with Gasteiger partial charge in [-0.05, 0) is 61.7 Å². The van der Waals surface area contributed by atoms with Crippen LogP contribution in [0, 0.1) is 26.6 Å². The molecule has 0 saturated heterocycles. The molecular formula is C22H21FN2O3S. The number of hydrogen-bond donors (Lipinski definition) is 0. The molecule has 3 aromatic rings. The maximum Gasteiger partial charge on any atom is 0.338 e. The molecule has 29 heavy (non-hydrogen) atoms. The van der Waals surface area contributed by atoms with E-state index in [9.17, 15) is 14.0 Å². The molecule has 1 amide bonds. The van der Waals surface area contributed by atoms with E-state index in [0.29, 0.717) is 16.4 Å². The minimum absolute atomic E-state index is 0.0660. The number of thiazole rings is 1. The molecule has 0 saturated carbocycles. The Hall–Kier alpha value is -3.06. The summed E-state index contributed by atoms with van der Waals surface area (Å²) in [6.45, 7) is 7.02. The zero-order valence-electron chi connectivity index (χ0n) is 16.7. The number of carbonyl (C=O) groups excluding carboxylic acids is 2. The quantitative estimate of drug-likeness (QED) is 0.537. The fourth-order valence-electron chi connectivity index (χ4n) is 2.70. The second-order valence-electron chi connectivity index (χ2n) is 6.78. The highest BCUT2D eigenvalue weighted by atomic mass is 32.1. The largest absolute Gasteiger partial charge is 0.456 e. The molecule has 3 rings (SSSR count). The Balaban J connectivity index is 1.74. The van der Waals surface area contributed by atoms with Crippen LogP contribution >= 0.6 is 11.3 Å². The zero-order chi connectivity index (χ0) is 21.1. The third-order valence-corrected chi connectivity index (χ3v) is 5.43. The van der Waals surface area contributed by atoms with Crippen LogP contribution in [0.2, 0.25) is 0 Å². The molecule has 150 valence electrons. The van der Waals surface area contributed by atoms with E-state index in [1.165, 1.54) is 35.3 Å². The first-order valence-corrected chi connectivity index (χ1v) is 9.90. The molecule has 0 N–H and O–H groups in total. The van der Waals surface area contributed by atoms with Crippen LogP contribution in [0.1, 0.15) is 39.7 Å². The highest BCUT2D eigenvalue weighted by Crippen LogP contribution is 2.30. The van der Waals surface area contributed by atoms with Gasteiger partial charge in [0.25, 0.3) is 0 Å². The summed E-state index contributed by atoms with van der Waals surface area (Å²) < 4.78 is 18.9. The predicted molar refractivity (Wildman–Crippen MR) is 111 cm³/mol. The van der Waals surface area contributed by atoms with Crippen molar-refractivity contribution in [2.24, 2.45) is 0 Å². The molecule has 5 nitrogen and oxygen atoms in total. The summed E-state index contributed by atoms with van der Waals surface area (Å²) in [6.07, 6.45) is 0. The normalized spacial score (nSPS) is 10.7. The van der Waals surface area contributed by atoms with Gasteiger partial charge in [0.05, 0.1) is 16.9 Å². The van der Waals surface area contributed by atoms with Crippen molar-refractivity contribution in [2.75, 3.05) is 4.90 Å². The van der Waals surface area contributed by atoms with E-state index in [0.717, 1.165) is 22.9 Å². The minimum Gasteiger partial charge on any atom is -0.456 e. The number of benzene rings is 2. The smallest absolute Gasteiger partial charge is 0.338 e. The average molecular weight is 412 g/mol. The Morgan fingerprint density at radius 2 is 1.79 bits per heavy atom. The molecule has 0 aliphatic rings. The Morgan fingerprint density at radius 3 is 2.45 bits per heavy atom. The Labute approximate surface area is 172 Å². The van der Waals surface area contributed by atoms with Crippen molar-refractivity contribution in [3.8, 4) is 0 Å². The fourth-order valence-corrected chi connectivity index (χ4v) is 3.57. The lowest BCUT2D eigenvalue weighted by Gasteiger charge is -2.19. The van der Waals surface area contributed by atoms with Gasteiger partial charge in [-0.1, -0.05) is 12.1 Å². The van der Waals surface area contributed by atoms with Crippen LogP contribution in [0.15, 0.2) is 41.8 Å². The number of ether oxygens (including phenoxy) is 1. The van der Waals surface area contributed by atoms with Crippen molar-refractivity contribution in [1.82, 2.24) is 4.98 Å². The highest BCUT2D eigenvalue weighted by molar-refractivity contribution is 7.14. The van der Waals surface area contributed by atoms with Gasteiger partial charge in [-0.2, -0.15) is 0 Å². The van der Waals surface area contributed by atoms with Gasteiger partial charge in [0, 0.05) is 12.3 Å². The molecule has 0 aliphatic heterocycles. The van der Waals surface area contributed by atoms with Crippen LogP contribution < -0.4 is 4.90 Å². The number of esters is 1. The van der Waals surface area contributed by atoms with Crippen LogP contribution in [0.5, 0.6) is 0 Å². The zero-order valence-corrected chi connectivity index (χ0v) is 17.5. The number of rotatable bonds is 5. The summed E-state index contributed by atoms with van der Waals surface area (Å²) in [6, 6.07) is 9.96. The van der Waals surface area contributed by atoms with E-state index in [-0.39, 0.29) is 18.1 Å². The maximum atomic E-state index is 13.6. The van der Waals surface area contributed by atoms with Crippen LogP contribution in [0.25, 0.3) is 0 Å². The second-order valence-corrected chi connectivity index (χ2v) is 7.62. The van der Waals surface area contributed by atoms with Gasteiger partial charge in [-0.25, -0.2) is 14.2 Å². The third-order valence-electron chi connectivity index (χ3n) is 4.55. The van der Waals surface area contributed by atoms with E-state index < -0.39 is 11.8 Å². The topological polar surface area (TPSA) is 59.5 Å². The van der Waals surface area contributed by atoms with E-state index in [1.807, 2.05) is 32.0 Å². The van der Waals surface area contributed by atoms with E-state index in [1.54, 1.807) is 12.3 Å². The molecule has 0 fully saturated rings. The maximum absolute atomic E-state index is 13.6. The number of aromatic nitrogens is 1. The summed E-state index contributed by atoms with van der Waals surface area (Å²) in [4.78, 5) is 30.3. The highest BCUT2D eigenvalue weighted by Gasteiger charge is 2.19. The summed E-state index contributed by atoms with van der Waals surface area (Å²) in [5.74, 6) is -1.25. The van der Waals surface area contributed by atoms with Crippen LogP contribution in [-0.2, 0) is 16.1 Å². The van der Waals surface area contributed by atoms with E-state index in [2.05, 4.69) is 4.98 Å². The van der Waals surface area contributed by atoms with Crippen LogP contribution in [0.4, 0.5) is 15.2 Å². The molecule has 0 spiro atoms. The molecule has 0 radical (unpaired) electrons. The Morgan fingerprint density at radius 1 is 1.07 bits per heavy atom. The van der Waals surface area contributed by atoms with Gasteiger partial charge >= 0.3 is 5.97 Å². The molecule has 0 atom stereocenters. The van der Waals surface area contributed by atoms with Gasteiger partial charge in [0.2, 0.25) is 5.91 Å². The van der Waals surface area contributed by atoms with Crippen molar-refractivity contribution in [3.63, 3.8) is 0 Å². The number of anilines is 2. The first kappa shape index (κ1) is 20.7. The standard InChI is InChI=1S/C22H21FN2O3S/c1-13-6-8-19(9-15(13)3)25(16(4)26)22-24-18(12-29-22)11-28-21(27)17-7-5-14(2)20(23)10-17/h5-10,12H,11H2,1-4H3. The Bertz CT molecular complexity index is 1080. The monoisotopic (exact) mass is 412 g/mol. The van der Waals surface area contributed by atoms with Gasteiger partial charge in [-0.15, -0.1) is 11.3 Å². The van der Waals surface area contributed by atoms with Crippen LogP contribution in [0.3, 0.4) is 0 Å². The van der Waals surface area contributed by atoms with Gasteiger partial charge < -0.3 is 4.74 Å². The number of nitrogens with zero attached hydrogens (tertiary/aromatic N) is 2. The predicted octanol–water partition coefficient (Wildman–Crippen LogP) is 5.25. The van der Waals surface area contributed by atoms with E-state index in [4.69, 9.17) is 4.74 Å². The molecule has 0 aliphatic carbocycles. The summed E-state index contributed by atoms with van der Waals surface area (Å²) in [7, 11) is 0. The third kappa shape index (κ3) is 4.68. The fraction of sp³-hybridized carbons (Fsp3) is 0.227. The lowest BCUT2D eigenvalue weighted by atomic mass is 10.1. The lowest BCUT2D eigenvalue weighted by Crippen LogP contribution is -2.22. The Kier molecular flexibility index (Phi) is 6.08. The van der Waals surface area contributed by atoms with Gasteiger partial charge in [0.15, 0.2) is 5.13 Å². The van der Waals surface area contributed by atoms with Crippen molar-refractivity contribution >= 4 is 34.0 Å². The second kappa shape index (κ2) is 8.53. The molecule has 1 aromatic heterocycles. The van der Waals surface area contributed by atoms with Crippen molar-refractivity contribution in [2.45, 2.75) is 34.3 Å². The average Bonchev–Trinajstić information content (AvgIpc) is 3.13. The SMILES string of the molecule is CC(=O)N(c1ccc(C)c(C)c1)c1nc(COC(=O)c2ccc(C)c(F)c2)cs1. The summed E-state index contributed by atoms with van der Waals surface area (Å²) in [5.41, 5.74) is 4.06. The van der Waals surface area contributed by atoms with Crippen molar-refractivity contribution in [1.29, 1.82) is 0 Å². The molecule has 0 bridgehead atoms. The number of amides is 1. The number of carbonyl (C=O) groups is 2. The molecule has 1 heterocycles. The number of hydrogen-bond acceptors (Lipinski definition) is 5.